The number of hydrogen-bond donors (Lipinski definition) is 0. The first-order valence-electron chi connectivity index (χ1n) is 5.08. The van der Waals surface area contributed by atoms with Gasteiger partial charge in [0, 0.05) is 6.42 Å². The van der Waals surface area contributed by atoms with Gasteiger partial charge >= 0.3 is 5.97 Å². The second kappa shape index (κ2) is 5.16. The zero-order valence-corrected chi connectivity index (χ0v) is 9.49. The van der Waals surface area contributed by atoms with Gasteiger partial charge in [-0.3, -0.25) is 4.79 Å². The lowest BCUT2D eigenvalue weighted by Crippen LogP contribution is -2.34. The zero-order valence-electron chi connectivity index (χ0n) is 9.49. The van der Waals surface area contributed by atoms with E-state index in [-0.39, 0.29) is 18.7 Å². The van der Waals surface area contributed by atoms with Crippen LogP contribution >= 0.6 is 0 Å². The van der Waals surface area contributed by atoms with E-state index < -0.39 is 5.60 Å². The molecule has 1 aliphatic heterocycles. The van der Waals surface area contributed by atoms with E-state index in [2.05, 4.69) is 4.74 Å². The van der Waals surface area contributed by atoms with Gasteiger partial charge in [-0.2, -0.15) is 0 Å². The van der Waals surface area contributed by atoms with E-state index in [1.165, 1.54) is 7.11 Å². The second-order valence-electron chi connectivity index (χ2n) is 4.15. The smallest absolute Gasteiger partial charge is 0.308 e. The highest BCUT2D eigenvalue weighted by molar-refractivity contribution is 5.70. The predicted octanol–water partition coefficient (Wildman–Crippen LogP) is 1.99. The molecule has 0 aromatic carbocycles. The Labute approximate surface area is 90.2 Å². The first-order chi connectivity index (χ1) is 7.03. The molecule has 86 valence electrons. The maximum absolute atomic E-state index is 11.1. The molecule has 0 aromatic heterocycles. The maximum atomic E-state index is 11.1. The van der Waals surface area contributed by atoms with Gasteiger partial charge in [0.25, 0.3) is 0 Å². The van der Waals surface area contributed by atoms with Crippen molar-refractivity contribution in [3.63, 3.8) is 0 Å². The number of carbonyl (C=O) groups is 1. The summed E-state index contributed by atoms with van der Waals surface area (Å²) in [5.74, 6) is -0.272. The van der Waals surface area contributed by atoms with Gasteiger partial charge < -0.3 is 14.2 Å². The summed E-state index contributed by atoms with van der Waals surface area (Å²) in [4.78, 5) is 11.1. The highest BCUT2D eigenvalue weighted by atomic mass is 16.7. The first kappa shape index (κ1) is 12.0. The monoisotopic (exact) mass is 214 g/mol. The van der Waals surface area contributed by atoms with Crippen molar-refractivity contribution in [3.8, 4) is 0 Å². The standard InChI is InChI=1S/C11H18O4/c1-11(2,8-9(12)13-3)15-10-6-4-5-7-14-10/h5,7,10H,4,6,8H2,1-3H3. The molecule has 0 spiro atoms. The Kier molecular flexibility index (Phi) is 4.15. The molecule has 4 nitrogen and oxygen atoms in total. The van der Waals surface area contributed by atoms with Crippen LogP contribution in [0.3, 0.4) is 0 Å². The van der Waals surface area contributed by atoms with Crippen molar-refractivity contribution in [1.29, 1.82) is 0 Å². The molecule has 0 saturated carbocycles. The van der Waals surface area contributed by atoms with Crippen molar-refractivity contribution in [1.82, 2.24) is 0 Å². The summed E-state index contributed by atoms with van der Waals surface area (Å²) in [6, 6.07) is 0. The van der Waals surface area contributed by atoms with E-state index in [0.29, 0.717) is 0 Å². The summed E-state index contributed by atoms with van der Waals surface area (Å²) < 4.78 is 15.6. The third-order valence-corrected chi connectivity index (χ3v) is 2.14. The quantitative estimate of drug-likeness (QED) is 0.671. The first-order valence-corrected chi connectivity index (χ1v) is 5.08. The average molecular weight is 214 g/mol. The largest absolute Gasteiger partial charge is 0.473 e. The molecule has 1 unspecified atom stereocenters. The third-order valence-electron chi connectivity index (χ3n) is 2.14. The molecule has 0 aromatic rings. The van der Waals surface area contributed by atoms with E-state index in [9.17, 15) is 4.79 Å². The fourth-order valence-corrected chi connectivity index (χ4v) is 1.42. The molecule has 15 heavy (non-hydrogen) atoms. The van der Waals surface area contributed by atoms with Crippen molar-refractivity contribution in [2.75, 3.05) is 7.11 Å². The molecule has 0 aliphatic carbocycles. The molecule has 0 N–H and O–H groups in total. The fraction of sp³-hybridized carbons (Fsp3) is 0.727. The van der Waals surface area contributed by atoms with Crippen LogP contribution in [0.2, 0.25) is 0 Å². The van der Waals surface area contributed by atoms with Crippen LogP contribution in [0.1, 0.15) is 33.1 Å². The minimum Gasteiger partial charge on any atom is -0.473 e. The van der Waals surface area contributed by atoms with Crippen molar-refractivity contribution >= 4 is 5.97 Å². The van der Waals surface area contributed by atoms with Gasteiger partial charge in [0.05, 0.1) is 25.4 Å². The summed E-state index contributed by atoms with van der Waals surface area (Å²) in [5.41, 5.74) is -0.553. The Morgan fingerprint density at radius 2 is 2.33 bits per heavy atom. The van der Waals surface area contributed by atoms with Gasteiger partial charge in [0.1, 0.15) is 0 Å². The molecule has 0 bridgehead atoms. The molecular weight excluding hydrogens is 196 g/mol. The van der Waals surface area contributed by atoms with Gasteiger partial charge in [-0.05, 0) is 26.3 Å². The van der Waals surface area contributed by atoms with Crippen LogP contribution < -0.4 is 0 Å². The van der Waals surface area contributed by atoms with E-state index in [1.54, 1.807) is 6.26 Å². The number of allylic oxidation sites excluding steroid dienone is 1. The minimum atomic E-state index is -0.553. The van der Waals surface area contributed by atoms with Gasteiger partial charge in [-0.25, -0.2) is 0 Å². The fourth-order valence-electron chi connectivity index (χ4n) is 1.42. The van der Waals surface area contributed by atoms with E-state index in [4.69, 9.17) is 9.47 Å². The van der Waals surface area contributed by atoms with Crippen LogP contribution in [-0.4, -0.2) is 25.0 Å². The van der Waals surface area contributed by atoms with Crippen LogP contribution in [0.25, 0.3) is 0 Å². The summed E-state index contributed by atoms with van der Waals surface area (Å²) >= 11 is 0. The molecular formula is C11H18O4. The molecule has 1 heterocycles. The molecule has 4 heteroatoms. The topological polar surface area (TPSA) is 44.8 Å². The third kappa shape index (κ3) is 4.34. The number of hydrogen-bond acceptors (Lipinski definition) is 4. The van der Waals surface area contributed by atoms with Gasteiger partial charge in [-0.15, -0.1) is 0 Å². The highest BCUT2D eigenvalue weighted by Crippen LogP contribution is 2.22. The number of methoxy groups -OCH3 is 1. The van der Waals surface area contributed by atoms with E-state index >= 15 is 0 Å². The summed E-state index contributed by atoms with van der Waals surface area (Å²) in [7, 11) is 1.37. The average Bonchev–Trinajstić information content (AvgIpc) is 2.17. The van der Waals surface area contributed by atoms with Crippen molar-refractivity contribution in [2.24, 2.45) is 0 Å². The second-order valence-corrected chi connectivity index (χ2v) is 4.15. The zero-order chi connectivity index (χ0) is 11.3. The molecule has 1 aliphatic rings. The van der Waals surface area contributed by atoms with Gasteiger partial charge in [0.2, 0.25) is 0 Å². The molecule has 1 rings (SSSR count). The van der Waals surface area contributed by atoms with Crippen molar-refractivity contribution in [3.05, 3.63) is 12.3 Å². The van der Waals surface area contributed by atoms with Crippen LogP contribution in [0, 0.1) is 0 Å². The summed E-state index contributed by atoms with van der Waals surface area (Å²) in [5, 5.41) is 0. The Morgan fingerprint density at radius 3 is 2.87 bits per heavy atom. The van der Waals surface area contributed by atoms with Crippen LogP contribution in [0.5, 0.6) is 0 Å². The highest BCUT2D eigenvalue weighted by Gasteiger charge is 2.28. The minimum absolute atomic E-state index is 0.229. The Balaban J connectivity index is 2.40. The number of ether oxygens (including phenoxy) is 3. The Bertz CT molecular complexity index is 245. The van der Waals surface area contributed by atoms with E-state index in [0.717, 1.165) is 12.8 Å². The Morgan fingerprint density at radius 1 is 1.60 bits per heavy atom. The molecule has 0 saturated heterocycles. The normalized spacial score (nSPS) is 20.9. The van der Waals surface area contributed by atoms with E-state index in [1.807, 2.05) is 19.9 Å². The molecule has 0 radical (unpaired) electrons. The molecule has 0 amide bonds. The summed E-state index contributed by atoms with van der Waals surface area (Å²) in [6.45, 7) is 3.71. The predicted molar refractivity (Wildman–Crippen MR) is 55.0 cm³/mol. The van der Waals surface area contributed by atoms with Crippen LogP contribution in [0.15, 0.2) is 12.3 Å². The van der Waals surface area contributed by atoms with Gasteiger partial charge in [-0.1, -0.05) is 0 Å². The van der Waals surface area contributed by atoms with Crippen molar-refractivity contribution in [2.45, 2.75) is 45.0 Å². The molecule has 1 atom stereocenters. The number of carbonyl (C=O) groups excluding carboxylic acids is 1. The summed E-state index contributed by atoms with van der Waals surface area (Å²) in [6.07, 6.45) is 5.33. The number of rotatable bonds is 4. The lowest BCUT2D eigenvalue weighted by atomic mass is 10.1. The molecule has 0 fully saturated rings. The van der Waals surface area contributed by atoms with Crippen LogP contribution in [-0.2, 0) is 19.0 Å². The Hall–Kier alpha value is -1.03. The maximum Gasteiger partial charge on any atom is 0.308 e. The van der Waals surface area contributed by atoms with Crippen LogP contribution in [0.4, 0.5) is 0 Å². The lowest BCUT2D eigenvalue weighted by Gasteiger charge is -2.30. The lowest BCUT2D eigenvalue weighted by molar-refractivity contribution is -0.190. The van der Waals surface area contributed by atoms with Crippen molar-refractivity contribution < 1.29 is 19.0 Å². The van der Waals surface area contributed by atoms with Gasteiger partial charge in [0.15, 0.2) is 6.29 Å². The SMILES string of the molecule is COC(=O)CC(C)(C)OC1CCC=CO1. The number of esters is 1.